The summed E-state index contributed by atoms with van der Waals surface area (Å²) in [6.45, 7) is 66.2. The van der Waals surface area contributed by atoms with Crippen LogP contribution in [0.1, 0.15) is 233 Å². The molecule has 0 aliphatic rings. The summed E-state index contributed by atoms with van der Waals surface area (Å²) in [6.07, 6.45) is 20.0. The number of hydrogen-bond acceptors (Lipinski definition) is 20. The summed E-state index contributed by atoms with van der Waals surface area (Å²) in [7, 11) is 0. The van der Waals surface area contributed by atoms with E-state index in [0.717, 1.165) is 44.9 Å². The average Bonchev–Trinajstić information content (AvgIpc) is 2.96. The van der Waals surface area contributed by atoms with Crippen molar-refractivity contribution in [1.82, 2.24) is 0 Å². The molecule has 2 unspecified atom stereocenters. The summed E-state index contributed by atoms with van der Waals surface area (Å²) in [4.78, 5) is 109. The zero-order valence-corrected chi connectivity index (χ0v) is 62.2. The molecular formula is C76H126O20. The van der Waals surface area contributed by atoms with Gasteiger partial charge in [-0.2, -0.15) is 0 Å². The minimum absolute atomic E-state index is 0.0186. The van der Waals surface area contributed by atoms with Crippen LogP contribution in [-0.2, 0) is 95.3 Å². The van der Waals surface area contributed by atoms with E-state index >= 15 is 0 Å². The molecule has 0 spiro atoms. The molecule has 0 radical (unpaired) electrons. The van der Waals surface area contributed by atoms with Crippen molar-refractivity contribution >= 4 is 59.7 Å². The van der Waals surface area contributed by atoms with Gasteiger partial charge in [-0.05, 0) is 114 Å². The van der Waals surface area contributed by atoms with Gasteiger partial charge >= 0.3 is 59.7 Å². The molecule has 550 valence electrons. The van der Waals surface area contributed by atoms with Gasteiger partial charge in [0.15, 0.2) is 0 Å². The van der Waals surface area contributed by atoms with Crippen molar-refractivity contribution in [2.45, 2.75) is 239 Å². The Hall–Kier alpha value is -7.90. The first-order valence-electron chi connectivity index (χ1n) is 33.2. The molecule has 0 amide bonds. The first kappa shape index (κ1) is 102. The molecule has 0 N–H and O–H groups in total. The maximum atomic E-state index is 11.1. The number of carbonyl (C=O) groups excluding carboxylic acids is 10. The van der Waals surface area contributed by atoms with Crippen LogP contribution in [-0.4, -0.2) is 125 Å². The van der Waals surface area contributed by atoms with Crippen molar-refractivity contribution < 1.29 is 95.3 Å². The topological polar surface area (TPSA) is 263 Å². The summed E-state index contributed by atoms with van der Waals surface area (Å²) in [5.74, 6) is -3.27. The Balaban J connectivity index is -0.000000193. The molecule has 0 aliphatic carbocycles. The fourth-order valence-electron chi connectivity index (χ4n) is 5.49. The fraction of sp³-hybridized carbons (Fsp3) is 0.605. The van der Waals surface area contributed by atoms with Gasteiger partial charge in [0.2, 0.25) is 0 Å². The molecule has 2 atom stereocenters. The molecular weight excluding hydrogens is 1230 g/mol. The minimum Gasteiger partial charge on any atom is -0.462 e. The van der Waals surface area contributed by atoms with Crippen molar-refractivity contribution in [2.24, 2.45) is 5.92 Å². The Morgan fingerprint density at radius 2 is 0.417 bits per heavy atom. The first-order chi connectivity index (χ1) is 44.9. The summed E-state index contributed by atoms with van der Waals surface area (Å²) >= 11 is 0. The van der Waals surface area contributed by atoms with Gasteiger partial charge in [-0.3, -0.25) is 0 Å². The van der Waals surface area contributed by atoms with Gasteiger partial charge in [-0.1, -0.05) is 184 Å². The Kier molecular flexibility index (Phi) is 74.0. The Labute approximate surface area is 578 Å². The largest absolute Gasteiger partial charge is 0.462 e. The summed E-state index contributed by atoms with van der Waals surface area (Å²) in [6, 6.07) is 0. The SMILES string of the molecule is C=C(C)C(=O)OCC(C)CC.C=C(C)C(=O)OCC(C)OC(=O)C(=C)C.C=C(C)C(=O)OCCCCCC.C=C(C)C(=O)OCCCCCCC.C=C(C)C(=O)OCCCCCCCC.C=C(C)C(=O)OCCCCOC(=O)C(=C)C.C=C(C)C(=O)OCCCOC(=O)C(=C)C. The van der Waals surface area contributed by atoms with Gasteiger partial charge < -0.3 is 47.4 Å². The minimum atomic E-state index is -0.492. The van der Waals surface area contributed by atoms with E-state index in [-0.39, 0.29) is 55.6 Å². The highest BCUT2D eigenvalue weighted by Crippen LogP contribution is 2.08. The lowest BCUT2D eigenvalue weighted by Crippen LogP contribution is -2.22. The van der Waals surface area contributed by atoms with E-state index in [4.69, 9.17) is 47.4 Å². The first-order valence-corrected chi connectivity index (χ1v) is 33.2. The smallest absolute Gasteiger partial charge is 0.333 e. The summed E-state index contributed by atoms with van der Waals surface area (Å²) < 4.78 is 48.8. The number of esters is 10. The van der Waals surface area contributed by atoms with E-state index in [1.165, 1.54) is 57.8 Å². The van der Waals surface area contributed by atoms with Crippen LogP contribution in [0, 0.1) is 5.92 Å². The number of hydrogen-bond donors (Lipinski definition) is 0. The van der Waals surface area contributed by atoms with Crippen LogP contribution in [0.4, 0.5) is 0 Å². The lowest BCUT2D eigenvalue weighted by Gasteiger charge is -2.13. The normalized spacial score (nSPS) is 10.1. The third kappa shape index (κ3) is 78.5. The highest BCUT2D eigenvalue weighted by molar-refractivity contribution is 5.90. The van der Waals surface area contributed by atoms with Gasteiger partial charge in [0, 0.05) is 62.2 Å². The standard InChI is InChI=1S/C12H18O4.C12H22O2.2C11H16O4.C11H20O2.C10H18O2.C9H16O2/c1-9(2)11(13)15-7-5-6-8-16-12(14)10(3)4;1-4-5-6-7-8-9-10-14-12(13)11(2)3;1-7(2)10(12)14-6-9(5)15-11(13)8(3)4;1-8(2)10(12)14-6-5-7-15-11(13)9(3)4;1-4-5-6-7-8-9-13-11(12)10(2)3;1-4-5-6-7-8-12-10(11)9(2)3;1-5-8(4)6-11-9(10)7(2)3/h1,3,5-8H2,2,4H3;2,4-10H2,1,3H3;9H,1,3,6H2,2,4-5H3;1,3,5-7H2,2,4H3;2,4-9H2,1,3H3;2,4-8H2,1,3H3;8H,2,5-6H2,1,3-4H3. The highest BCUT2D eigenvalue weighted by atomic mass is 16.6. The van der Waals surface area contributed by atoms with Crippen molar-refractivity contribution in [2.75, 3.05) is 59.5 Å². The average molecular weight is 1360 g/mol. The molecule has 0 bridgehead atoms. The van der Waals surface area contributed by atoms with Crippen LogP contribution >= 0.6 is 0 Å². The van der Waals surface area contributed by atoms with Gasteiger partial charge in [0.1, 0.15) is 12.7 Å². The van der Waals surface area contributed by atoms with Crippen LogP contribution in [0.5, 0.6) is 0 Å². The molecule has 20 nitrogen and oxygen atoms in total. The van der Waals surface area contributed by atoms with Gasteiger partial charge in [0.25, 0.3) is 0 Å². The fourth-order valence-corrected chi connectivity index (χ4v) is 5.49. The van der Waals surface area contributed by atoms with Crippen LogP contribution in [0.3, 0.4) is 0 Å². The van der Waals surface area contributed by atoms with E-state index in [1.54, 1.807) is 76.2 Å². The molecule has 96 heavy (non-hydrogen) atoms. The second kappa shape index (κ2) is 69.9. The molecule has 0 aromatic carbocycles. The molecule has 0 aliphatic heterocycles. The Morgan fingerprint density at radius 1 is 0.240 bits per heavy atom. The lowest BCUT2D eigenvalue weighted by molar-refractivity contribution is -0.152. The molecule has 0 saturated heterocycles. The summed E-state index contributed by atoms with van der Waals surface area (Å²) in [5, 5.41) is 0. The number of rotatable bonds is 43. The predicted molar refractivity (Wildman–Crippen MR) is 382 cm³/mol. The van der Waals surface area contributed by atoms with Crippen LogP contribution in [0.25, 0.3) is 0 Å². The van der Waals surface area contributed by atoms with Gasteiger partial charge in [-0.15, -0.1) is 0 Å². The monoisotopic (exact) mass is 1360 g/mol. The zero-order valence-electron chi connectivity index (χ0n) is 62.2. The van der Waals surface area contributed by atoms with Crippen LogP contribution in [0.15, 0.2) is 122 Å². The number of ether oxygens (including phenoxy) is 10. The molecule has 0 fully saturated rings. The Morgan fingerprint density at radius 3 is 0.635 bits per heavy atom. The van der Waals surface area contributed by atoms with E-state index in [9.17, 15) is 47.9 Å². The van der Waals surface area contributed by atoms with E-state index < -0.39 is 30.0 Å². The van der Waals surface area contributed by atoms with Crippen molar-refractivity contribution in [3.8, 4) is 0 Å². The third-order valence-corrected chi connectivity index (χ3v) is 11.6. The second-order valence-corrected chi connectivity index (χ2v) is 23.0. The van der Waals surface area contributed by atoms with Gasteiger partial charge in [0.05, 0.1) is 52.9 Å². The van der Waals surface area contributed by atoms with Crippen LogP contribution < -0.4 is 0 Å². The predicted octanol–water partition coefficient (Wildman–Crippen LogP) is 16.6. The molecule has 0 heterocycles. The second-order valence-electron chi connectivity index (χ2n) is 23.0. The molecule has 0 aromatic rings. The van der Waals surface area contributed by atoms with Crippen molar-refractivity contribution in [3.63, 3.8) is 0 Å². The molecule has 0 aromatic heterocycles. The summed E-state index contributed by atoms with van der Waals surface area (Å²) in [5.41, 5.74) is 4.01. The van der Waals surface area contributed by atoms with Crippen LogP contribution in [0.2, 0.25) is 0 Å². The van der Waals surface area contributed by atoms with Gasteiger partial charge in [-0.25, -0.2) is 47.9 Å². The quantitative estimate of drug-likeness (QED) is 0.0238. The Bertz CT molecular complexity index is 2350. The number of unbranched alkanes of at least 4 members (excludes halogenated alkanes) is 13. The lowest BCUT2D eigenvalue weighted by atomic mass is 10.1. The van der Waals surface area contributed by atoms with E-state index in [1.807, 2.05) is 6.92 Å². The number of carbonyl (C=O) groups is 10. The van der Waals surface area contributed by atoms with Crippen molar-refractivity contribution in [3.05, 3.63) is 122 Å². The maximum Gasteiger partial charge on any atom is 0.333 e. The third-order valence-electron chi connectivity index (χ3n) is 11.6. The zero-order chi connectivity index (χ0) is 75.6. The van der Waals surface area contributed by atoms with E-state index in [0.29, 0.717) is 121 Å². The highest BCUT2D eigenvalue weighted by Gasteiger charge is 2.14. The molecule has 0 saturated carbocycles. The van der Waals surface area contributed by atoms with Crippen molar-refractivity contribution in [1.29, 1.82) is 0 Å². The van der Waals surface area contributed by atoms with E-state index in [2.05, 4.69) is 93.5 Å². The maximum absolute atomic E-state index is 11.1. The molecule has 0 rings (SSSR count). The molecule has 20 heteroatoms.